The summed E-state index contributed by atoms with van der Waals surface area (Å²) in [5.41, 5.74) is 2.02. The minimum Gasteiger partial charge on any atom is -0.373 e. The predicted octanol–water partition coefficient (Wildman–Crippen LogP) is 1.15. The average molecular weight is 342 g/mol. The van der Waals surface area contributed by atoms with Gasteiger partial charge in [-0.3, -0.25) is 14.7 Å². The lowest BCUT2D eigenvalue weighted by Gasteiger charge is -2.26. The van der Waals surface area contributed by atoms with Gasteiger partial charge in [-0.1, -0.05) is 0 Å². The normalized spacial score (nSPS) is 22.3. The fourth-order valence-electron chi connectivity index (χ4n) is 2.87. The lowest BCUT2D eigenvalue weighted by Crippen LogP contribution is -2.45. The van der Waals surface area contributed by atoms with E-state index in [2.05, 4.69) is 25.6 Å². The van der Waals surface area contributed by atoms with Crippen molar-refractivity contribution in [2.45, 2.75) is 18.8 Å². The SMILES string of the molecule is CC1(c2cscn2)NC(O)c2ccc(Nc3ccncn3)c(=O)n21. The molecule has 0 spiro atoms. The van der Waals surface area contributed by atoms with Crippen LogP contribution < -0.4 is 16.2 Å². The van der Waals surface area contributed by atoms with E-state index in [9.17, 15) is 9.90 Å². The quantitative estimate of drug-likeness (QED) is 0.656. The number of fused-ring (bicyclic) bond motifs is 1. The summed E-state index contributed by atoms with van der Waals surface area (Å²) >= 11 is 1.43. The molecule has 4 heterocycles. The Hall–Kier alpha value is -2.62. The number of aliphatic hydroxyl groups is 1. The van der Waals surface area contributed by atoms with Crippen LogP contribution in [0.15, 0.2) is 46.4 Å². The van der Waals surface area contributed by atoms with Gasteiger partial charge in [-0.2, -0.15) is 0 Å². The van der Waals surface area contributed by atoms with Crippen molar-refractivity contribution in [2.75, 3.05) is 5.32 Å². The number of hydrogen-bond acceptors (Lipinski definition) is 8. The maximum Gasteiger partial charge on any atom is 0.276 e. The topological polar surface area (TPSA) is 105 Å². The smallest absolute Gasteiger partial charge is 0.276 e. The molecule has 3 aromatic heterocycles. The first-order valence-corrected chi connectivity index (χ1v) is 8.18. The highest BCUT2D eigenvalue weighted by Crippen LogP contribution is 2.33. The molecule has 8 nitrogen and oxygen atoms in total. The Bertz CT molecular complexity index is 927. The molecule has 3 aromatic rings. The van der Waals surface area contributed by atoms with Gasteiger partial charge in [0, 0.05) is 11.6 Å². The van der Waals surface area contributed by atoms with Crippen molar-refractivity contribution < 1.29 is 5.11 Å². The van der Waals surface area contributed by atoms with Crippen molar-refractivity contribution in [2.24, 2.45) is 0 Å². The molecule has 0 saturated carbocycles. The first-order valence-electron chi connectivity index (χ1n) is 7.23. The number of nitrogens with zero attached hydrogens (tertiary/aromatic N) is 4. The van der Waals surface area contributed by atoms with Gasteiger partial charge in [0.15, 0.2) is 0 Å². The summed E-state index contributed by atoms with van der Waals surface area (Å²) in [6, 6.07) is 5.01. The Morgan fingerprint density at radius 2 is 2.25 bits per heavy atom. The molecule has 1 aliphatic rings. The monoisotopic (exact) mass is 342 g/mol. The summed E-state index contributed by atoms with van der Waals surface area (Å²) in [6.07, 6.45) is 2.04. The van der Waals surface area contributed by atoms with Gasteiger partial charge in [-0.15, -0.1) is 11.3 Å². The second-order valence-corrected chi connectivity index (χ2v) is 6.24. The van der Waals surface area contributed by atoms with Crippen LogP contribution in [0.3, 0.4) is 0 Å². The van der Waals surface area contributed by atoms with Crippen LogP contribution in [-0.4, -0.2) is 24.6 Å². The minimum atomic E-state index is -0.947. The molecule has 3 N–H and O–H groups in total. The maximum atomic E-state index is 13.0. The number of thiazole rings is 1. The zero-order valence-electron chi connectivity index (χ0n) is 12.7. The van der Waals surface area contributed by atoms with E-state index in [1.165, 1.54) is 22.2 Å². The third-order valence-corrected chi connectivity index (χ3v) is 4.62. The lowest BCUT2D eigenvalue weighted by molar-refractivity contribution is 0.124. The van der Waals surface area contributed by atoms with E-state index in [1.807, 2.05) is 12.3 Å². The molecule has 0 saturated heterocycles. The first-order chi connectivity index (χ1) is 11.6. The summed E-state index contributed by atoms with van der Waals surface area (Å²) in [5.74, 6) is 0.518. The van der Waals surface area contributed by atoms with E-state index < -0.39 is 11.9 Å². The highest BCUT2D eigenvalue weighted by molar-refractivity contribution is 7.07. The van der Waals surface area contributed by atoms with Crippen LogP contribution in [0.25, 0.3) is 0 Å². The van der Waals surface area contributed by atoms with E-state index >= 15 is 0 Å². The fraction of sp³-hybridized carbons (Fsp3) is 0.200. The summed E-state index contributed by atoms with van der Waals surface area (Å²) in [4.78, 5) is 25.2. The van der Waals surface area contributed by atoms with Crippen LogP contribution in [0.1, 0.15) is 24.5 Å². The molecule has 24 heavy (non-hydrogen) atoms. The van der Waals surface area contributed by atoms with Crippen LogP contribution in [-0.2, 0) is 5.66 Å². The van der Waals surface area contributed by atoms with Crippen LogP contribution in [0.4, 0.5) is 11.5 Å². The Morgan fingerprint density at radius 3 is 2.96 bits per heavy atom. The largest absolute Gasteiger partial charge is 0.373 e. The molecule has 0 aliphatic carbocycles. The van der Waals surface area contributed by atoms with E-state index in [1.54, 1.807) is 29.9 Å². The number of nitrogens with one attached hydrogen (secondary N) is 2. The van der Waals surface area contributed by atoms with Gasteiger partial charge < -0.3 is 10.4 Å². The van der Waals surface area contributed by atoms with Crippen LogP contribution >= 0.6 is 11.3 Å². The van der Waals surface area contributed by atoms with Gasteiger partial charge in [-0.05, 0) is 25.1 Å². The van der Waals surface area contributed by atoms with Crippen molar-refractivity contribution >= 4 is 22.8 Å². The fourth-order valence-corrected chi connectivity index (χ4v) is 3.53. The molecule has 2 unspecified atom stereocenters. The molecule has 0 fully saturated rings. The molecule has 0 bridgehead atoms. The van der Waals surface area contributed by atoms with Crippen LogP contribution in [0.2, 0.25) is 0 Å². The summed E-state index contributed by atoms with van der Waals surface area (Å²) < 4.78 is 1.52. The Morgan fingerprint density at radius 1 is 1.38 bits per heavy atom. The van der Waals surface area contributed by atoms with E-state index in [0.29, 0.717) is 22.9 Å². The second kappa shape index (κ2) is 5.48. The summed E-state index contributed by atoms with van der Waals surface area (Å²) in [5, 5.41) is 18.2. The van der Waals surface area contributed by atoms with Gasteiger partial charge in [0.05, 0.1) is 16.9 Å². The highest BCUT2D eigenvalue weighted by Gasteiger charge is 2.42. The number of anilines is 2. The molecule has 0 amide bonds. The molecular weight excluding hydrogens is 328 g/mol. The number of aliphatic hydroxyl groups excluding tert-OH is 1. The Kier molecular flexibility index (Phi) is 3.41. The maximum absolute atomic E-state index is 13.0. The molecule has 2 atom stereocenters. The summed E-state index contributed by atoms with van der Waals surface area (Å²) in [7, 11) is 0. The third-order valence-electron chi connectivity index (χ3n) is 4.03. The third kappa shape index (κ3) is 2.21. The minimum absolute atomic E-state index is 0.273. The van der Waals surface area contributed by atoms with Crippen LogP contribution in [0, 0.1) is 0 Å². The molecule has 1 aliphatic heterocycles. The van der Waals surface area contributed by atoms with E-state index in [0.717, 1.165) is 0 Å². The number of rotatable bonds is 3. The van der Waals surface area contributed by atoms with Gasteiger partial charge in [0.2, 0.25) is 0 Å². The van der Waals surface area contributed by atoms with Crippen molar-refractivity contribution in [3.8, 4) is 0 Å². The second-order valence-electron chi connectivity index (χ2n) is 5.52. The predicted molar refractivity (Wildman–Crippen MR) is 89.0 cm³/mol. The standard InChI is InChI=1S/C15H14N6O2S/c1-15(11-6-24-8-18-11)20-13(22)10-3-2-9(14(23)21(10)15)19-12-4-5-16-7-17-12/h2-8,13,20,22H,1H3,(H,16,17,19). The average Bonchev–Trinajstić information content (AvgIpc) is 3.19. The van der Waals surface area contributed by atoms with Gasteiger partial charge in [0.25, 0.3) is 5.56 Å². The number of pyridine rings is 1. The van der Waals surface area contributed by atoms with Gasteiger partial charge >= 0.3 is 0 Å². The Balaban J connectivity index is 1.84. The van der Waals surface area contributed by atoms with Gasteiger partial charge in [-0.25, -0.2) is 15.0 Å². The van der Waals surface area contributed by atoms with E-state index in [-0.39, 0.29) is 5.56 Å². The highest BCUT2D eigenvalue weighted by atomic mass is 32.1. The van der Waals surface area contributed by atoms with Crippen molar-refractivity contribution in [3.63, 3.8) is 0 Å². The molecule has 0 aromatic carbocycles. The van der Waals surface area contributed by atoms with Gasteiger partial charge in [0.1, 0.15) is 29.7 Å². The summed E-state index contributed by atoms with van der Waals surface area (Å²) in [6.45, 7) is 1.82. The van der Waals surface area contributed by atoms with Crippen molar-refractivity contribution in [3.05, 3.63) is 63.4 Å². The van der Waals surface area contributed by atoms with Crippen LogP contribution in [0.5, 0.6) is 0 Å². The molecular formula is C15H14N6O2S. The molecule has 0 radical (unpaired) electrons. The zero-order valence-corrected chi connectivity index (χ0v) is 13.5. The Labute approximate surface area is 140 Å². The van der Waals surface area contributed by atoms with Crippen molar-refractivity contribution in [1.29, 1.82) is 0 Å². The number of aromatic nitrogens is 4. The number of hydrogen-bond donors (Lipinski definition) is 3. The molecule has 4 rings (SSSR count). The molecule has 122 valence electrons. The lowest BCUT2D eigenvalue weighted by atomic mass is 10.1. The van der Waals surface area contributed by atoms with E-state index in [4.69, 9.17) is 0 Å². The zero-order chi connectivity index (χ0) is 16.7. The van der Waals surface area contributed by atoms with Crippen molar-refractivity contribution in [1.82, 2.24) is 24.8 Å². The first kappa shape index (κ1) is 14.9. The molecule has 9 heteroatoms.